The zero-order valence-electron chi connectivity index (χ0n) is 11.0. The molecule has 0 saturated carbocycles. The highest BCUT2D eigenvalue weighted by Crippen LogP contribution is 2.50. The smallest absolute Gasteiger partial charge is 0.0418 e. The van der Waals surface area contributed by atoms with Gasteiger partial charge in [-0.25, -0.2) is 0 Å². The summed E-state index contributed by atoms with van der Waals surface area (Å²) >= 11 is 0. The number of hydrogen-bond donors (Lipinski definition) is 0. The maximum atomic E-state index is 4.02. The third kappa shape index (κ3) is 7.25. The minimum atomic E-state index is 0.170. The summed E-state index contributed by atoms with van der Waals surface area (Å²) in [6, 6.07) is 0. The van der Waals surface area contributed by atoms with Crippen LogP contribution in [0.2, 0.25) is 0 Å². The zero-order chi connectivity index (χ0) is 12.8. The Morgan fingerprint density at radius 2 is 1.62 bits per heavy atom. The van der Waals surface area contributed by atoms with Crippen LogP contribution >= 0.6 is 41.2 Å². The van der Waals surface area contributed by atoms with Crippen LogP contribution in [-0.4, -0.2) is 10.5 Å². The Bertz CT molecular complexity index is 262. The second-order valence-corrected chi connectivity index (χ2v) is 11.0. The molecule has 4 heteroatoms. The van der Waals surface area contributed by atoms with E-state index in [4.69, 9.17) is 0 Å². The van der Waals surface area contributed by atoms with Crippen LogP contribution in [-0.2, 0) is 0 Å². The van der Waals surface area contributed by atoms with Gasteiger partial charge in [-0.15, -0.1) is 0 Å². The van der Waals surface area contributed by atoms with Crippen molar-refractivity contribution in [1.82, 2.24) is 0 Å². The second kappa shape index (κ2) is 8.06. The maximum absolute atomic E-state index is 4.02. The number of allylic oxidation sites excluding steroid dienone is 1. The van der Waals surface area contributed by atoms with Crippen molar-refractivity contribution in [3.63, 3.8) is 0 Å². The van der Waals surface area contributed by atoms with Gasteiger partial charge in [-0.3, -0.25) is 0 Å². The van der Waals surface area contributed by atoms with Crippen molar-refractivity contribution in [3.8, 4) is 0 Å². The first kappa shape index (κ1) is 16.9. The predicted octanol–water partition coefficient (Wildman–Crippen LogP) is 6.38. The molecule has 0 atom stereocenters. The van der Waals surface area contributed by atoms with Gasteiger partial charge in [-0.05, 0) is 61.2 Å². The lowest BCUT2D eigenvalue weighted by atomic mass is 10.1. The fraction of sp³-hybridized carbons (Fsp3) is 0.667. The second-order valence-electron chi connectivity index (χ2n) is 4.55. The van der Waals surface area contributed by atoms with Gasteiger partial charge in [0.15, 0.2) is 0 Å². The molecule has 16 heavy (non-hydrogen) atoms. The minimum Gasteiger partial charge on any atom is -0.0987 e. The first-order valence-corrected chi connectivity index (χ1v) is 10.2. The van der Waals surface area contributed by atoms with Gasteiger partial charge in [0.05, 0.1) is 0 Å². The Kier molecular flexibility index (Phi) is 8.51. The number of hydrogen-bond acceptors (Lipinski definition) is 4. The van der Waals surface area contributed by atoms with Gasteiger partial charge >= 0.3 is 0 Å². The molecule has 0 unspecified atom stereocenters. The molecule has 0 N–H and O–H groups in total. The summed E-state index contributed by atoms with van der Waals surface area (Å²) in [7, 11) is 7.52. The van der Waals surface area contributed by atoms with E-state index in [-0.39, 0.29) is 4.75 Å². The van der Waals surface area contributed by atoms with Gasteiger partial charge in [0.1, 0.15) is 0 Å². The highest BCUT2D eigenvalue weighted by molar-refractivity contribution is 9.26. The lowest BCUT2D eigenvalue weighted by molar-refractivity contribution is 0.844. The monoisotopic (exact) mass is 294 g/mol. The molecule has 0 nitrogen and oxygen atoms in total. The van der Waals surface area contributed by atoms with E-state index in [1.807, 2.05) is 41.2 Å². The highest BCUT2D eigenvalue weighted by Gasteiger charge is 2.19. The van der Waals surface area contributed by atoms with E-state index in [9.17, 15) is 0 Å². The zero-order valence-corrected chi connectivity index (χ0v) is 14.3. The summed E-state index contributed by atoms with van der Waals surface area (Å²) in [5, 5.41) is 0. The molecule has 0 aliphatic rings. The maximum Gasteiger partial charge on any atom is 0.0418 e. The van der Waals surface area contributed by atoms with Gasteiger partial charge < -0.3 is 0 Å². The highest BCUT2D eigenvalue weighted by atomic mass is 33.7. The van der Waals surface area contributed by atoms with Gasteiger partial charge in [-0.1, -0.05) is 44.9 Å². The van der Waals surface area contributed by atoms with Crippen molar-refractivity contribution < 1.29 is 0 Å². The topological polar surface area (TPSA) is 0 Å². The Morgan fingerprint density at radius 1 is 1.06 bits per heavy atom. The summed E-state index contributed by atoms with van der Waals surface area (Å²) in [6.07, 6.45) is 0. The lowest BCUT2D eigenvalue weighted by Crippen LogP contribution is -2.13. The van der Waals surface area contributed by atoms with Gasteiger partial charge in [-0.2, -0.15) is 0 Å². The molecule has 0 aromatic heterocycles. The van der Waals surface area contributed by atoms with Gasteiger partial charge in [0.2, 0.25) is 0 Å². The molecule has 0 saturated heterocycles. The average molecular weight is 295 g/mol. The average Bonchev–Trinajstić information content (AvgIpc) is 2.16. The lowest BCUT2D eigenvalue weighted by Gasteiger charge is -2.22. The van der Waals surface area contributed by atoms with E-state index in [0.717, 1.165) is 5.75 Å². The van der Waals surface area contributed by atoms with Gasteiger partial charge in [0, 0.05) is 10.5 Å². The molecule has 0 fully saturated rings. The number of rotatable bonds is 7. The van der Waals surface area contributed by atoms with Crippen molar-refractivity contribution in [3.05, 3.63) is 23.3 Å². The molecule has 0 heterocycles. The molecule has 0 radical (unpaired) electrons. The van der Waals surface area contributed by atoms with Crippen molar-refractivity contribution in [2.75, 3.05) is 5.75 Å². The SMILES string of the molecule is C=C(C)C(C)(C)SSSSCC(C)=C(C)C. The Morgan fingerprint density at radius 3 is 2.06 bits per heavy atom. The van der Waals surface area contributed by atoms with E-state index in [1.54, 1.807) is 0 Å². The Labute approximate surface area is 116 Å². The van der Waals surface area contributed by atoms with Crippen LogP contribution in [0.3, 0.4) is 0 Å². The third-order valence-corrected chi connectivity index (χ3v) is 9.75. The van der Waals surface area contributed by atoms with Crippen molar-refractivity contribution in [1.29, 1.82) is 0 Å². The fourth-order valence-electron chi connectivity index (χ4n) is 0.446. The normalized spacial score (nSPS) is 11.4. The van der Waals surface area contributed by atoms with Crippen LogP contribution in [0.25, 0.3) is 0 Å². The molecule has 0 aliphatic carbocycles. The standard InChI is InChI=1S/C12H22S4/c1-9(2)11(5)8-13-15-16-14-12(6,7)10(3)4/h3,8H2,1-2,4-7H3. The third-order valence-electron chi connectivity index (χ3n) is 2.48. The van der Waals surface area contributed by atoms with Crippen LogP contribution in [0.15, 0.2) is 23.3 Å². The summed E-state index contributed by atoms with van der Waals surface area (Å²) in [4.78, 5) is 0. The molecule has 0 spiro atoms. The molecule has 0 bridgehead atoms. The van der Waals surface area contributed by atoms with E-state index < -0.39 is 0 Å². The van der Waals surface area contributed by atoms with E-state index >= 15 is 0 Å². The molecule has 0 aliphatic heterocycles. The Hall–Kier alpha value is 0.880. The quantitative estimate of drug-likeness (QED) is 0.303. The van der Waals surface area contributed by atoms with Crippen LogP contribution in [0.4, 0.5) is 0 Å². The molecule has 94 valence electrons. The fourth-order valence-corrected chi connectivity index (χ4v) is 7.53. The summed E-state index contributed by atoms with van der Waals surface area (Å²) in [6.45, 7) is 17.1. The van der Waals surface area contributed by atoms with E-state index in [2.05, 4.69) is 48.1 Å². The van der Waals surface area contributed by atoms with Crippen LogP contribution in [0, 0.1) is 0 Å². The van der Waals surface area contributed by atoms with Crippen LogP contribution in [0.5, 0.6) is 0 Å². The molecular weight excluding hydrogens is 272 g/mol. The molecule has 0 aromatic carbocycles. The summed E-state index contributed by atoms with van der Waals surface area (Å²) < 4.78 is 0.170. The van der Waals surface area contributed by atoms with Crippen molar-refractivity contribution >= 4 is 41.2 Å². The van der Waals surface area contributed by atoms with E-state index in [0.29, 0.717) is 0 Å². The summed E-state index contributed by atoms with van der Waals surface area (Å²) in [5.74, 6) is 1.12. The molecule has 0 aromatic rings. The molecule has 0 amide bonds. The first-order valence-electron chi connectivity index (χ1n) is 5.20. The molecule has 0 rings (SSSR count). The van der Waals surface area contributed by atoms with Crippen LogP contribution in [0.1, 0.15) is 41.5 Å². The van der Waals surface area contributed by atoms with Crippen molar-refractivity contribution in [2.45, 2.75) is 46.3 Å². The van der Waals surface area contributed by atoms with Crippen molar-refractivity contribution in [2.24, 2.45) is 0 Å². The summed E-state index contributed by atoms with van der Waals surface area (Å²) in [5.41, 5.74) is 4.16. The van der Waals surface area contributed by atoms with Gasteiger partial charge in [0.25, 0.3) is 0 Å². The Balaban J connectivity index is 3.71. The molecular formula is C12H22S4. The van der Waals surface area contributed by atoms with Crippen LogP contribution < -0.4 is 0 Å². The van der Waals surface area contributed by atoms with E-state index in [1.165, 1.54) is 16.7 Å². The minimum absolute atomic E-state index is 0.170. The first-order chi connectivity index (χ1) is 7.27. The largest absolute Gasteiger partial charge is 0.0987 e. The predicted molar refractivity (Wildman–Crippen MR) is 88.2 cm³/mol.